The average Bonchev–Trinajstić information content (AvgIpc) is 0. The molecule has 4 N–H and O–H groups in total. The Morgan fingerprint density at radius 3 is 0.625 bits per heavy atom. The van der Waals surface area contributed by atoms with Crippen LogP contribution in [-0.2, 0) is 67.4 Å². The van der Waals surface area contributed by atoms with Gasteiger partial charge in [-0.1, -0.05) is 0 Å². The molecule has 0 saturated carbocycles. The van der Waals surface area contributed by atoms with E-state index >= 15 is 0 Å². The first-order valence-electron chi connectivity index (χ1n) is 0. The molecule has 0 aromatic rings. The van der Waals surface area contributed by atoms with E-state index in [1.807, 2.05) is 0 Å². The van der Waals surface area contributed by atoms with Gasteiger partial charge in [-0.15, -0.1) is 0 Å². The Morgan fingerprint density at radius 2 is 0.625 bits per heavy atom. The maximum Gasteiger partial charge on any atom is 0 e. The fourth-order valence-corrected chi connectivity index (χ4v) is 0. The van der Waals surface area contributed by atoms with Crippen LogP contribution in [-0.4, -0.2) is 48.7 Å². The van der Waals surface area contributed by atoms with E-state index in [4.69, 9.17) is 0 Å². The van der Waals surface area contributed by atoms with Crippen molar-refractivity contribution < 1.29 is 78.4 Å². The molecule has 0 heterocycles. The van der Waals surface area contributed by atoms with Crippen LogP contribution in [0, 0.1) is 0 Å². The zero-order chi connectivity index (χ0) is 0. The van der Waals surface area contributed by atoms with E-state index < -0.39 is 0 Å². The van der Waals surface area contributed by atoms with Crippen LogP contribution in [0.4, 0.5) is 0 Å². The Bertz CT molecular complexity index is 18.0. The molecule has 53 valence electrons. The molecule has 0 fully saturated rings. The number of hydrogen-bond donors (Lipinski definition) is 0. The molecule has 0 unspecified atom stereocenters. The molecule has 0 aromatic carbocycles. The number of hydrogen-bond acceptors (Lipinski definition) is 0. The molecular formula is H6CoLi2Mn2NiO2. The van der Waals surface area contributed by atoms with E-state index in [0.717, 1.165) is 0 Å². The summed E-state index contributed by atoms with van der Waals surface area (Å²) >= 11 is 0. The van der Waals surface area contributed by atoms with Crippen LogP contribution in [0.25, 0.3) is 0 Å². The van der Waals surface area contributed by atoms with Gasteiger partial charge in [-0.3, -0.25) is 0 Å². The topological polar surface area (TPSA) is 63.0 Å². The second-order valence-corrected chi connectivity index (χ2v) is 0. The quantitative estimate of drug-likeness (QED) is 0.426. The van der Waals surface area contributed by atoms with Gasteiger partial charge in [-0.05, 0) is 0 Å². The largest absolute Gasteiger partial charge is 0 e. The van der Waals surface area contributed by atoms with E-state index in [1.165, 1.54) is 0 Å². The van der Waals surface area contributed by atoms with Crippen molar-refractivity contribution in [3.05, 3.63) is 0 Å². The minimum atomic E-state index is 0. The minimum absolute atomic E-state index is 0. The Labute approximate surface area is 114 Å². The summed E-state index contributed by atoms with van der Waals surface area (Å²) in [4.78, 5) is 0. The van der Waals surface area contributed by atoms with Crippen molar-refractivity contribution in [2.24, 2.45) is 0 Å². The van der Waals surface area contributed by atoms with E-state index in [-0.39, 0.29) is 116 Å². The first-order chi connectivity index (χ1) is 0. The summed E-state index contributed by atoms with van der Waals surface area (Å²) in [7, 11) is 0. The molecule has 0 aliphatic heterocycles. The van der Waals surface area contributed by atoms with Gasteiger partial charge in [-0.2, -0.15) is 0 Å². The van der Waals surface area contributed by atoms with Gasteiger partial charge in [0.1, 0.15) is 0 Å². The SMILES string of the molecule is O.O.[Co].[LiH].[LiH].[Mn].[Mn].[Ni]. The summed E-state index contributed by atoms with van der Waals surface area (Å²) in [5.74, 6) is 0. The van der Waals surface area contributed by atoms with Gasteiger partial charge < -0.3 is 11.0 Å². The van der Waals surface area contributed by atoms with Crippen LogP contribution < -0.4 is 0 Å². The summed E-state index contributed by atoms with van der Waals surface area (Å²) in [5.41, 5.74) is 0. The fraction of sp³-hybridized carbons (Fsp3) is 0. The van der Waals surface area contributed by atoms with Gasteiger partial charge in [-0.25, -0.2) is 0 Å². The van der Waals surface area contributed by atoms with Crippen LogP contribution >= 0.6 is 0 Å². The Morgan fingerprint density at radius 1 is 0.625 bits per heavy atom. The van der Waals surface area contributed by atoms with Gasteiger partial charge >= 0.3 is 37.7 Å². The third kappa shape index (κ3) is 61.2. The van der Waals surface area contributed by atoms with E-state index in [0.29, 0.717) is 0 Å². The third-order valence-electron chi connectivity index (χ3n) is 0. The van der Waals surface area contributed by atoms with Gasteiger partial charge in [0, 0.05) is 67.4 Å². The van der Waals surface area contributed by atoms with Crippen molar-refractivity contribution in [1.82, 2.24) is 0 Å². The molecule has 0 aromatic heterocycles. The predicted octanol–water partition coefficient (Wildman–Crippen LogP) is -2.96. The first-order valence-corrected chi connectivity index (χ1v) is 0. The molecular weight excluding hydrogens is 273 g/mol. The van der Waals surface area contributed by atoms with Crippen molar-refractivity contribution in [3.63, 3.8) is 0 Å². The van der Waals surface area contributed by atoms with Crippen LogP contribution in [0.5, 0.6) is 0 Å². The minimum Gasteiger partial charge on any atom is 0 e. The molecule has 8 heteroatoms. The normalized spacial score (nSPS) is 0. The smallest absolute Gasteiger partial charge is 0 e. The third-order valence-corrected chi connectivity index (χ3v) is 0. The second-order valence-electron chi connectivity index (χ2n) is 0. The van der Waals surface area contributed by atoms with E-state index in [9.17, 15) is 0 Å². The van der Waals surface area contributed by atoms with Crippen LogP contribution in [0.15, 0.2) is 0 Å². The van der Waals surface area contributed by atoms with E-state index in [1.54, 1.807) is 0 Å². The number of rotatable bonds is 0. The first kappa shape index (κ1) is 116. The zero-order valence-corrected chi connectivity index (χ0v) is 6.79. The summed E-state index contributed by atoms with van der Waals surface area (Å²) in [6.45, 7) is 0. The maximum atomic E-state index is 0. The zero-order valence-electron chi connectivity index (χ0n) is 2.41. The van der Waals surface area contributed by atoms with Gasteiger partial charge in [0.15, 0.2) is 0 Å². The Kier molecular flexibility index (Phi) is 1240. The second kappa shape index (κ2) is 85.5. The van der Waals surface area contributed by atoms with Gasteiger partial charge in [0.25, 0.3) is 0 Å². The fourth-order valence-electron chi connectivity index (χ4n) is 0. The molecule has 0 amide bonds. The van der Waals surface area contributed by atoms with Crippen molar-refractivity contribution in [2.45, 2.75) is 0 Å². The predicted molar refractivity (Wildman–Crippen MR) is 21.5 cm³/mol. The van der Waals surface area contributed by atoms with Crippen molar-refractivity contribution in [3.8, 4) is 0 Å². The standard InChI is InChI=1S/Co.2Li.2Mn.Ni.2H2O.2H/h;;;;;;2*1H2;;. The Balaban J connectivity index is 0. The molecule has 0 spiro atoms. The summed E-state index contributed by atoms with van der Waals surface area (Å²) < 4.78 is 0. The van der Waals surface area contributed by atoms with Crippen molar-refractivity contribution in [1.29, 1.82) is 0 Å². The molecule has 0 aliphatic carbocycles. The molecule has 0 saturated heterocycles. The molecule has 0 bridgehead atoms. The van der Waals surface area contributed by atoms with Crippen LogP contribution in [0.2, 0.25) is 0 Å². The maximum absolute atomic E-state index is 0. The van der Waals surface area contributed by atoms with E-state index in [2.05, 4.69) is 0 Å². The van der Waals surface area contributed by atoms with Crippen molar-refractivity contribution in [2.75, 3.05) is 0 Å². The molecule has 0 aliphatic rings. The molecule has 3 radical (unpaired) electrons. The molecule has 2 nitrogen and oxygen atoms in total. The summed E-state index contributed by atoms with van der Waals surface area (Å²) in [5, 5.41) is 0. The van der Waals surface area contributed by atoms with Crippen LogP contribution in [0.3, 0.4) is 0 Å². The summed E-state index contributed by atoms with van der Waals surface area (Å²) in [6, 6.07) is 0. The molecule has 0 rings (SSSR count). The van der Waals surface area contributed by atoms with Crippen LogP contribution in [0.1, 0.15) is 0 Å². The summed E-state index contributed by atoms with van der Waals surface area (Å²) in [6.07, 6.45) is 0. The van der Waals surface area contributed by atoms with Gasteiger partial charge in [0.2, 0.25) is 0 Å². The Hall–Kier alpha value is 3.15. The van der Waals surface area contributed by atoms with Gasteiger partial charge in [0.05, 0.1) is 0 Å². The molecule has 8 heavy (non-hydrogen) atoms. The monoisotopic (exact) mass is 279 g/mol. The van der Waals surface area contributed by atoms with Crippen molar-refractivity contribution >= 4 is 37.7 Å². The average molecular weight is 279 g/mol. The molecule has 0 atom stereocenters.